The predicted octanol–water partition coefficient (Wildman–Crippen LogP) is 5.05. The molecule has 3 aromatic rings. The summed E-state index contributed by atoms with van der Waals surface area (Å²) in [5.41, 5.74) is -0.742. The van der Waals surface area contributed by atoms with Gasteiger partial charge in [0.2, 0.25) is 0 Å². The van der Waals surface area contributed by atoms with Gasteiger partial charge in [-0.05, 0) is 18.2 Å². The van der Waals surface area contributed by atoms with Crippen molar-refractivity contribution >= 4 is 10.8 Å². The number of pyridine rings is 1. The molecule has 0 radical (unpaired) electrons. The fraction of sp³-hybridized carbons (Fsp3) is 0.0625. The van der Waals surface area contributed by atoms with Crippen molar-refractivity contribution in [2.24, 2.45) is 0 Å². The van der Waals surface area contributed by atoms with Crippen molar-refractivity contribution in [2.45, 2.75) is 6.18 Å². The number of fused-ring (bicyclic) bond motifs is 1. The summed E-state index contributed by atoms with van der Waals surface area (Å²) in [7, 11) is 0. The Kier molecular flexibility index (Phi) is 3.25. The van der Waals surface area contributed by atoms with E-state index in [9.17, 15) is 13.2 Å². The van der Waals surface area contributed by atoms with Crippen LogP contribution in [0.2, 0.25) is 0 Å². The second kappa shape index (κ2) is 5.09. The van der Waals surface area contributed by atoms with Gasteiger partial charge in [-0.1, -0.05) is 30.3 Å². The highest BCUT2D eigenvalue weighted by Gasteiger charge is 2.30. The molecule has 0 spiro atoms. The van der Waals surface area contributed by atoms with Crippen LogP contribution in [0.3, 0.4) is 0 Å². The number of hydrogen-bond donors (Lipinski definition) is 0. The number of nitrogens with zero attached hydrogens (tertiary/aromatic N) is 1. The molecular formula is C16H10F3NO. The highest BCUT2D eigenvalue weighted by Crippen LogP contribution is 2.34. The number of hydrogen-bond acceptors (Lipinski definition) is 2. The van der Waals surface area contributed by atoms with Crippen LogP contribution < -0.4 is 4.74 Å². The Hall–Kier alpha value is -2.56. The Morgan fingerprint density at radius 1 is 0.905 bits per heavy atom. The van der Waals surface area contributed by atoms with Crippen LogP contribution in [0, 0.1) is 0 Å². The van der Waals surface area contributed by atoms with Crippen LogP contribution in [-0.2, 0) is 6.18 Å². The number of halogens is 3. The lowest BCUT2D eigenvalue weighted by Gasteiger charge is -2.11. The zero-order chi connectivity index (χ0) is 14.9. The van der Waals surface area contributed by atoms with E-state index in [1.54, 1.807) is 6.20 Å². The summed E-state index contributed by atoms with van der Waals surface area (Å²) >= 11 is 0. The molecule has 21 heavy (non-hydrogen) atoms. The third kappa shape index (κ3) is 2.81. The monoisotopic (exact) mass is 289 g/mol. The maximum Gasteiger partial charge on any atom is 0.416 e. The standard InChI is InChI=1S/C16H10F3NO/c17-16(18,19)12-5-3-6-13(8-12)21-15-10-20-9-11-4-1-2-7-14(11)15/h1-10H. The Morgan fingerprint density at radius 2 is 1.71 bits per heavy atom. The first-order valence-electron chi connectivity index (χ1n) is 6.22. The van der Waals surface area contributed by atoms with Gasteiger partial charge in [0.1, 0.15) is 5.75 Å². The lowest BCUT2D eigenvalue weighted by Crippen LogP contribution is -2.04. The van der Waals surface area contributed by atoms with Crippen molar-refractivity contribution in [1.82, 2.24) is 4.98 Å². The van der Waals surface area contributed by atoms with E-state index in [-0.39, 0.29) is 5.75 Å². The molecule has 0 unspecified atom stereocenters. The SMILES string of the molecule is FC(F)(F)c1cccc(Oc2cncc3ccccc23)c1. The van der Waals surface area contributed by atoms with Crippen LogP contribution in [0.1, 0.15) is 5.56 Å². The van der Waals surface area contributed by atoms with E-state index >= 15 is 0 Å². The van der Waals surface area contributed by atoms with Crippen LogP contribution in [0.15, 0.2) is 60.9 Å². The van der Waals surface area contributed by atoms with Gasteiger partial charge >= 0.3 is 6.18 Å². The van der Waals surface area contributed by atoms with Crippen molar-refractivity contribution in [1.29, 1.82) is 0 Å². The summed E-state index contributed by atoms with van der Waals surface area (Å²) in [6, 6.07) is 12.2. The zero-order valence-corrected chi connectivity index (χ0v) is 10.8. The van der Waals surface area contributed by atoms with Gasteiger partial charge in [0.25, 0.3) is 0 Å². The van der Waals surface area contributed by atoms with Gasteiger partial charge in [-0.15, -0.1) is 0 Å². The lowest BCUT2D eigenvalue weighted by molar-refractivity contribution is -0.137. The molecule has 0 saturated heterocycles. The van der Waals surface area contributed by atoms with Crippen molar-refractivity contribution < 1.29 is 17.9 Å². The highest BCUT2D eigenvalue weighted by molar-refractivity contribution is 5.87. The van der Waals surface area contributed by atoms with E-state index in [1.807, 2.05) is 24.3 Å². The smallest absolute Gasteiger partial charge is 0.416 e. The molecule has 0 aliphatic heterocycles. The molecule has 0 atom stereocenters. The minimum absolute atomic E-state index is 0.128. The number of ether oxygens (including phenoxy) is 1. The van der Waals surface area contributed by atoms with Crippen LogP contribution in [0.4, 0.5) is 13.2 Å². The fourth-order valence-electron chi connectivity index (χ4n) is 2.03. The topological polar surface area (TPSA) is 22.1 Å². The molecule has 2 aromatic carbocycles. The fourth-order valence-corrected chi connectivity index (χ4v) is 2.03. The molecule has 0 bridgehead atoms. The molecular weight excluding hydrogens is 279 g/mol. The van der Waals surface area contributed by atoms with Gasteiger partial charge < -0.3 is 4.74 Å². The van der Waals surface area contributed by atoms with Gasteiger partial charge in [0, 0.05) is 17.0 Å². The van der Waals surface area contributed by atoms with Gasteiger partial charge in [-0.2, -0.15) is 13.2 Å². The van der Waals surface area contributed by atoms with E-state index < -0.39 is 11.7 Å². The second-order valence-electron chi connectivity index (χ2n) is 4.49. The maximum atomic E-state index is 12.7. The summed E-state index contributed by atoms with van der Waals surface area (Å²) in [5.74, 6) is 0.551. The van der Waals surface area contributed by atoms with E-state index in [4.69, 9.17) is 4.74 Å². The largest absolute Gasteiger partial charge is 0.455 e. The molecule has 2 nitrogen and oxygen atoms in total. The van der Waals surface area contributed by atoms with Crippen LogP contribution in [0.25, 0.3) is 10.8 Å². The summed E-state index contributed by atoms with van der Waals surface area (Å²) in [6.45, 7) is 0. The van der Waals surface area contributed by atoms with Crippen LogP contribution in [0.5, 0.6) is 11.5 Å². The zero-order valence-electron chi connectivity index (χ0n) is 10.8. The minimum Gasteiger partial charge on any atom is -0.455 e. The molecule has 0 aliphatic rings. The van der Waals surface area contributed by atoms with Crippen molar-refractivity contribution in [2.75, 3.05) is 0 Å². The first-order valence-corrected chi connectivity index (χ1v) is 6.22. The maximum absolute atomic E-state index is 12.7. The summed E-state index contributed by atoms with van der Waals surface area (Å²) in [6.07, 6.45) is -1.23. The van der Waals surface area contributed by atoms with E-state index in [0.717, 1.165) is 22.9 Å². The summed E-state index contributed by atoms with van der Waals surface area (Å²) in [5, 5.41) is 1.66. The molecule has 0 fully saturated rings. The van der Waals surface area contributed by atoms with Crippen molar-refractivity contribution in [3.63, 3.8) is 0 Å². The first-order chi connectivity index (χ1) is 10.0. The van der Waals surface area contributed by atoms with E-state index in [2.05, 4.69) is 4.98 Å². The molecule has 0 N–H and O–H groups in total. The van der Waals surface area contributed by atoms with Gasteiger partial charge in [-0.3, -0.25) is 4.98 Å². The van der Waals surface area contributed by atoms with E-state index in [1.165, 1.54) is 18.3 Å². The highest BCUT2D eigenvalue weighted by atomic mass is 19.4. The first kappa shape index (κ1) is 13.4. The Bertz CT molecular complexity index is 778. The van der Waals surface area contributed by atoms with Gasteiger partial charge in [0.15, 0.2) is 5.75 Å². The second-order valence-corrected chi connectivity index (χ2v) is 4.49. The molecule has 106 valence electrons. The average Bonchev–Trinajstić information content (AvgIpc) is 2.47. The van der Waals surface area contributed by atoms with Crippen molar-refractivity contribution in [3.8, 4) is 11.5 Å². The van der Waals surface area contributed by atoms with Gasteiger partial charge in [-0.25, -0.2) is 0 Å². The molecule has 0 aliphatic carbocycles. The third-order valence-electron chi connectivity index (χ3n) is 3.02. The molecule has 3 rings (SSSR count). The number of benzene rings is 2. The normalized spacial score (nSPS) is 11.6. The van der Waals surface area contributed by atoms with E-state index in [0.29, 0.717) is 5.75 Å². The number of alkyl halides is 3. The third-order valence-corrected chi connectivity index (χ3v) is 3.02. The minimum atomic E-state index is -4.39. The summed E-state index contributed by atoms with van der Waals surface area (Å²) < 4.78 is 43.6. The molecule has 1 heterocycles. The Morgan fingerprint density at radius 3 is 2.52 bits per heavy atom. The lowest BCUT2D eigenvalue weighted by atomic mass is 10.1. The number of rotatable bonds is 2. The predicted molar refractivity (Wildman–Crippen MR) is 73.3 cm³/mol. The molecule has 5 heteroatoms. The Balaban J connectivity index is 1.99. The van der Waals surface area contributed by atoms with Gasteiger partial charge in [0.05, 0.1) is 11.8 Å². The molecule has 0 saturated carbocycles. The van der Waals surface area contributed by atoms with Crippen molar-refractivity contribution in [3.05, 3.63) is 66.5 Å². The quantitative estimate of drug-likeness (QED) is 0.659. The van der Waals surface area contributed by atoms with Crippen LogP contribution in [-0.4, -0.2) is 4.98 Å². The Labute approximate surface area is 118 Å². The molecule has 1 aromatic heterocycles. The summed E-state index contributed by atoms with van der Waals surface area (Å²) in [4.78, 5) is 4.03. The average molecular weight is 289 g/mol. The van der Waals surface area contributed by atoms with Crippen LogP contribution >= 0.6 is 0 Å². The molecule has 0 amide bonds. The number of aromatic nitrogens is 1.